The van der Waals surface area contributed by atoms with Crippen LogP contribution in [0.25, 0.3) is 0 Å². The summed E-state index contributed by atoms with van der Waals surface area (Å²) >= 11 is 0. The smallest absolute Gasteiger partial charge is 0.306 e. The Hall–Kier alpha value is -0.870. The lowest BCUT2D eigenvalue weighted by molar-refractivity contribution is -0.142. The summed E-state index contributed by atoms with van der Waals surface area (Å²) in [5.41, 5.74) is 1.33. The fraction of sp³-hybridized carbons (Fsp3) is 0.870. The molecule has 0 saturated heterocycles. The third kappa shape index (κ3) is 9.75. The van der Waals surface area contributed by atoms with Gasteiger partial charge in [-0.2, -0.15) is 0 Å². The fourth-order valence-electron chi connectivity index (χ4n) is 4.29. The first-order chi connectivity index (χ1) is 13.0. The first-order valence-electron chi connectivity index (χ1n) is 11.3. The Labute approximate surface area is 166 Å². The molecule has 0 aromatic rings. The summed E-state index contributed by atoms with van der Waals surface area (Å²) in [5.74, 6) is -0.624. The second-order valence-corrected chi connectivity index (χ2v) is 8.34. The molecule has 0 bridgehead atoms. The molecule has 1 fully saturated rings. The Morgan fingerprint density at radius 3 is 2.48 bits per heavy atom. The summed E-state index contributed by atoms with van der Waals surface area (Å²) in [6.07, 6.45) is 14.9. The monoisotopic (exact) mass is 382 g/mol. The molecule has 4 nitrogen and oxygen atoms in total. The van der Waals surface area contributed by atoms with Gasteiger partial charge in [0.2, 0.25) is 0 Å². The molecule has 27 heavy (non-hydrogen) atoms. The van der Waals surface area contributed by atoms with E-state index in [1.807, 2.05) is 6.92 Å². The van der Waals surface area contributed by atoms with Crippen LogP contribution in [0.1, 0.15) is 104 Å². The largest absolute Gasteiger partial charge is 0.481 e. The van der Waals surface area contributed by atoms with Gasteiger partial charge in [-0.1, -0.05) is 70.4 Å². The highest BCUT2D eigenvalue weighted by Crippen LogP contribution is 2.36. The van der Waals surface area contributed by atoms with Gasteiger partial charge in [0.1, 0.15) is 0 Å². The van der Waals surface area contributed by atoms with Gasteiger partial charge in [0.15, 0.2) is 0 Å². The zero-order chi connectivity index (χ0) is 20.1. The van der Waals surface area contributed by atoms with Crippen molar-refractivity contribution in [1.29, 1.82) is 0 Å². The Morgan fingerprint density at radius 1 is 1.07 bits per heavy atom. The van der Waals surface area contributed by atoms with Crippen molar-refractivity contribution in [3.05, 3.63) is 11.6 Å². The molecule has 0 aromatic carbocycles. The summed E-state index contributed by atoms with van der Waals surface area (Å²) in [6.45, 7) is 4.20. The lowest BCUT2D eigenvalue weighted by atomic mass is 9.91. The molecule has 0 radical (unpaired) electrons. The summed E-state index contributed by atoms with van der Waals surface area (Å²) < 4.78 is 0. The van der Waals surface area contributed by atoms with Gasteiger partial charge in [-0.25, -0.2) is 0 Å². The van der Waals surface area contributed by atoms with Crippen molar-refractivity contribution in [2.45, 2.75) is 116 Å². The van der Waals surface area contributed by atoms with Gasteiger partial charge in [0.25, 0.3) is 0 Å². The van der Waals surface area contributed by atoms with Gasteiger partial charge in [0, 0.05) is 5.92 Å². The molecule has 0 spiro atoms. The molecule has 0 aromatic heterocycles. The minimum Gasteiger partial charge on any atom is -0.481 e. The third-order valence-electron chi connectivity index (χ3n) is 6.02. The maximum Gasteiger partial charge on any atom is 0.306 e. The van der Waals surface area contributed by atoms with Crippen LogP contribution >= 0.6 is 0 Å². The van der Waals surface area contributed by atoms with E-state index in [4.69, 9.17) is 0 Å². The van der Waals surface area contributed by atoms with Crippen LogP contribution in [0.4, 0.5) is 0 Å². The molecule has 0 aliphatic heterocycles. The lowest BCUT2D eigenvalue weighted by Gasteiger charge is -2.17. The second-order valence-electron chi connectivity index (χ2n) is 8.34. The number of aliphatic carboxylic acids is 1. The normalized spacial score (nSPS) is 23.6. The molecule has 4 heteroatoms. The highest BCUT2D eigenvalue weighted by molar-refractivity contribution is 5.69. The molecular formula is C23H42O4. The Kier molecular flexibility index (Phi) is 12.7. The van der Waals surface area contributed by atoms with Crippen LogP contribution in [-0.4, -0.2) is 33.5 Å². The van der Waals surface area contributed by atoms with Crippen molar-refractivity contribution in [3.63, 3.8) is 0 Å². The number of hydrogen-bond donors (Lipinski definition) is 3. The molecule has 1 saturated carbocycles. The van der Waals surface area contributed by atoms with Crippen molar-refractivity contribution in [1.82, 2.24) is 0 Å². The Bertz CT molecular complexity index is 432. The standard InChI is InChI=1S/C23H42O4/c1-3-5-7-12-20(24)16-14-18-15-17-22(25)21(18)13-9-6-8-11-19(10-4-2)23(26)27/h14,19-22,24-25H,3-13,15-17H2,1-2H3,(H,26,27)/t19?,20?,21-,22-/m1/s1. The van der Waals surface area contributed by atoms with E-state index in [2.05, 4.69) is 13.0 Å². The van der Waals surface area contributed by atoms with Crippen LogP contribution in [0.2, 0.25) is 0 Å². The first-order valence-corrected chi connectivity index (χ1v) is 11.3. The molecule has 1 rings (SSSR count). The lowest BCUT2D eigenvalue weighted by Crippen LogP contribution is -2.15. The topological polar surface area (TPSA) is 77.8 Å². The highest BCUT2D eigenvalue weighted by Gasteiger charge is 2.29. The first kappa shape index (κ1) is 24.2. The minimum absolute atomic E-state index is 0.197. The van der Waals surface area contributed by atoms with E-state index in [0.717, 1.165) is 70.6 Å². The number of carbonyl (C=O) groups is 1. The molecule has 0 amide bonds. The molecule has 1 aliphatic carbocycles. The summed E-state index contributed by atoms with van der Waals surface area (Å²) in [6, 6.07) is 0. The maximum atomic E-state index is 11.2. The van der Waals surface area contributed by atoms with Gasteiger partial charge in [0.05, 0.1) is 18.1 Å². The van der Waals surface area contributed by atoms with Crippen molar-refractivity contribution < 1.29 is 20.1 Å². The number of carboxylic acid groups (broad SMARTS) is 1. The maximum absolute atomic E-state index is 11.2. The predicted molar refractivity (Wildman–Crippen MR) is 111 cm³/mol. The number of carboxylic acids is 1. The zero-order valence-corrected chi connectivity index (χ0v) is 17.5. The summed E-state index contributed by atoms with van der Waals surface area (Å²) in [5, 5.41) is 29.6. The van der Waals surface area contributed by atoms with Crippen molar-refractivity contribution in [2.75, 3.05) is 0 Å². The summed E-state index contributed by atoms with van der Waals surface area (Å²) in [4.78, 5) is 11.2. The van der Waals surface area contributed by atoms with Crippen LogP contribution < -0.4 is 0 Å². The minimum atomic E-state index is -0.661. The van der Waals surface area contributed by atoms with E-state index in [-0.39, 0.29) is 24.0 Å². The van der Waals surface area contributed by atoms with Gasteiger partial charge in [-0.15, -0.1) is 0 Å². The van der Waals surface area contributed by atoms with E-state index in [9.17, 15) is 20.1 Å². The van der Waals surface area contributed by atoms with Crippen LogP contribution in [0, 0.1) is 11.8 Å². The number of aliphatic hydroxyl groups excluding tert-OH is 2. The average Bonchev–Trinajstić information content (AvgIpc) is 2.98. The highest BCUT2D eigenvalue weighted by atomic mass is 16.4. The van der Waals surface area contributed by atoms with Gasteiger partial charge in [-0.3, -0.25) is 4.79 Å². The van der Waals surface area contributed by atoms with Crippen molar-refractivity contribution in [2.24, 2.45) is 11.8 Å². The van der Waals surface area contributed by atoms with Crippen LogP contribution in [0.5, 0.6) is 0 Å². The van der Waals surface area contributed by atoms with Crippen molar-refractivity contribution >= 4 is 5.97 Å². The number of hydrogen-bond acceptors (Lipinski definition) is 3. The quantitative estimate of drug-likeness (QED) is 0.259. The zero-order valence-electron chi connectivity index (χ0n) is 17.5. The Morgan fingerprint density at radius 2 is 1.81 bits per heavy atom. The molecule has 4 atom stereocenters. The van der Waals surface area contributed by atoms with E-state index in [1.165, 1.54) is 18.4 Å². The second kappa shape index (κ2) is 14.2. The molecular weight excluding hydrogens is 340 g/mol. The molecule has 158 valence electrons. The van der Waals surface area contributed by atoms with Gasteiger partial charge >= 0.3 is 5.97 Å². The molecule has 3 N–H and O–H groups in total. The molecule has 1 aliphatic rings. The van der Waals surface area contributed by atoms with Crippen LogP contribution in [0.3, 0.4) is 0 Å². The number of rotatable bonds is 15. The third-order valence-corrected chi connectivity index (χ3v) is 6.02. The van der Waals surface area contributed by atoms with E-state index >= 15 is 0 Å². The van der Waals surface area contributed by atoms with Crippen LogP contribution in [-0.2, 0) is 4.79 Å². The molecule has 0 heterocycles. The van der Waals surface area contributed by atoms with E-state index in [1.54, 1.807) is 0 Å². The average molecular weight is 383 g/mol. The SMILES string of the molecule is CCCCCC(O)CC=C1CC[C@@H](O)[C@@H]1CCCCCC(CCC)C(=O)O. The van der Waals surface area contributed by atoms with Gasteiger partial charge in [-0.05, 0) is 44.9 Å². The van der Waals surface area contributed by atoms with E-state index in [0.29, 0.717) is 6.42 Å². The van der Waals surface area contributed by atoms with Crippen molar-refractivity contribution in [3.8, 4) is 0 Å². The van der Waals surface area contributed by atoms with Crippen LogP contribution in [0.15, 0.2) is 11.6 Å². The fourth-order valence-corrected chi connectivity index (χ4v) is 4.29. The Balaban J connectivity index is 2.32. The summed E-state index contributed by atoms with van der Waals surface area (Å²) in [7, 11) is 0. The van der Waals surface area contributed by atoms with E-state index < -0.39 is 5.97 Å². The predicted octanol–water partition coefficient (Wildman–Crippen LogP) is 5.47. The number of aliphatic hydroxyl groups is 2. The number of unbranched alkanes of at least 4 members (excludes halogenated alkanes) is 4. The molecule has 2 unspecified atom stereocenters. The van der Waals surface area contributed by atoms with Gasteiger partial charge < -0.3 is 15.3 Å².